The summed E-state index contributed by atoms with van der Waals surface area (Å²) in [4.78, 5) is 35.5. The Morgan fingerprint density at radius 3 is 2.58 bits per heavy atom. The Hall–Kier alpha value is -4.68. The molecule has 7 rings (SSSR count). The Balaban J connectivity index is 1.04. The maximum Gasteiger partial charge on any atom is 0.326 e. The summed E-state index contributed by atoms with van der Waals surface area (Å²) in [6.45, 7) is 1.15. The average Bonchev–Trinajstić information content (AvgIpc) is 3.80. The number of nitrogens with one attached hydrogen (secondary N) is 1. The van der Waals surface area contributed by atoms with Crippen LogP contribution in [0.15, 0.2) is 94.2 Å². The summed E-state index contributed by atoms with van der Waals surface area (Å²) in [6.07, 6.45) is 2.04. The third kappa shape index (κ3) is 5.90. The topological polar surface area (TPSA) is 111 Å². The van der Waals surface area contributed by atoms with Gasteiger partial charge in [-0.15, -0.1) is 21.5 Å². The second-order valence-electron chi connectivity index (χ2n) is 10.8. The van der Waals surface area contributed by atoms with Crippen LogP contribution < -0.4 is 10.4 Å². The first-order chi connectivity index (χ1) is 22.1. The Morgan fingerprint density at radius 2 is 1.76 bits per heavy atom. The molecule has 1 N–H and O–H groups in total. The number of carbonyl (C=O) groups excluding carboxylic acids is 1. The number of carbonyl (C=O) groups is 1. The third-order valence-electron chi connectivity index (χ3n) is 8.07. The van der Waals surface area contributed by atoms with Gasteiger partial charge in [-0.05, 0) is 42.7 Å². The van der Waals surface area contributed by atoms with Crippen LogP contribution in [0.1, 0.15) is 45.8 Å². The highest BCUT2D eigenvalue weighted by Crippen LogP contribution is 2.32. The van der Waals surface area contributed by atoms with E-state index in [1.54, 1.807) is 7.11 Å². The second-order valence-corrected chi connectivity index (χ2v) is 12.7. The van der Waals surface area contributed by atoms with Crippen LogP contribution in [0, 0.1) is 0 Å². The van der Waals surface area contributed by atoms with Crippen molar-refractivity contribution in [3.63, 3.8) is 0 Å². The number of piperidine rings is 1. The van der Waals surface area contributed by atoms with Crippen LogP contribution in [0.25, 0.3) is 16.7 Å². The molecular weight excluding hydrogens is 607 g/mol. The van der Waals surface area contributed by atoms with Crippen LogP contribution in [-0.4, -0.2) is 60.3 Å². The predicted octanol–water partition coefficient (Wildman–Crippen LogP) is 5.74. The molecule has 0 saturated carbocycles. The normalized spacial score (nSPS) is 13.8. The number of hydrogen-bond acceptors (Lipinski definition) is 8. The zero-order chi connectivity index (χ0) is 30.8. The maximum atomic E-state index is 13.4. The van der Waals surface area contributed by atoms with Crippen molar-refractivity contribution >= 4 is 40.0 Å². The van der Waals surface area contributed by atoms with Gasteiger partial charge in [0, 0.05) is 30.9 Å². The molecular formula is C33H31N7O3S2. The largest absolute Gasteiger partial charge is 0.495 e. The van der Waals surface area contributed by atoms with Crippen molar-refractivity contribution in [1.82, 2.24) is 34.2 Å². The number of imidazole rings is 1. The number of para-hydroxylation sites is 4. The Labute approximate surface area is 267 Å². The molecule has 1 aliphatic rings. The molecule has 10 nitrogen and oxygen atoms in total. The van der Waals surface area contributed by atoms with E-state index in [-0.39, 0.29) is 17.6 Å². The average molecular weight is 638 g/mol. The van der Waals surface area contributed by atoms with Gasteiger partial charge in [-0.3, -0.25) is 13.9 Å². The van der Waals surface area contributed by atoms with Crippen molar-refractivity contribution in [3.8, 4) is 11.4 Å². The first-order valence-corrected chi connectivity index (χ1v) is 16.6. The number of fused-ring (bicyclic) bond motifs is 1. The van der Waals surface area contributed by atoms with Crippen molar-refractivity contribution in [3.05, 3.63) is 117 Å². The fraction of sp³-hybridized carbons (Fsp3) is 0.242. The lowest BCUT2D eigenvalue weighted by Gasteiger charge is -2.32. The molecule has 4 heterocycles. The molecule has 228 valence electrons. The minimum atomic E-state index is -0.101. The molecule has 1 aliphatic heterocycles. The molecule has 3 aromatic heterocycles. The van der Waals surface area contributed by atoms with Gasteiger partial charge in [0.1, 0.15) is 22.3 Å². The number of aromatic nitrogens is 6. The summed E-state index contributed by atoms with van der Waals surface area (Å²) in [5.41, 5.74) is 4.10. The molecule has 6 aromatic rings. The van der Waals surface area contributed by atoms with Crippen molar-refractivity contribution < 1.29 is 9.53 Å². The van der Waals surface area contributed by atoms with E-state index >= 15 is 0 Å². The van der Waals surface area contributed by atoms with Gasteiger partial charge in [-0.25, -0.2) is 9.78 Å². The summed E-state index contributed by atoms with van der Waals surface area (Å²) >= 11 is 3.00. The van der Waals surface area contributed by atoms with Crippen LogP contribution in [0.2, 0.25) is 0 Å². The fourth-order valence-electron chi connectivity index (χ4n) is 5.87. The summed E-state index contributed by atoms with van der Waals surface area (Å²) in [5, 5.41) is 12.5. The number of methoxy groups -OCH3 is 1. The van der Waals surface area contributed by atoms with Crippen molar-refractivity contribution in [2.45, 2.75) is 36.2 Å². The lowest BCUT2D eigenvalue weighted by atomic mass is 10.0. The van der Waals surface area contributed by atoms with E-state index in [1.807, 2.05) is 86.1 Å². The zero-order valence-corrected chi connectivity index (χ0v) is 26.3. The Bertz CT molecular complexity index is 2010. The molecule has 1 saturated heterocycles. The van der Waals surface area contributed by atoms with Crippen LogP contribution >= 0.6 is 23.1 Å². The number of ether oxygens (including phenoxy) is 1. The molecule has 1 amide bonds. The van der Waals surface area contributed by atoms with Crippen LogP contribution in [0.5, 0.6) is 5.75 Å². The summed E-state index contributed by atoms with van der Waals surface area (Å²) in [5.74, 6) is 2.01. The van der Waals surface area contributed by atoms with Crippen LogP contribution in [0.4, 0.5) is 0 Å². The van der Waals surface area contributed by atoms with Crippen molar-refractivity contribution in [1.29, 1.82) is 0 Å². The minimum Gasteiger partial charge on any atom is -0.495 e. The number of hydrogen-bond donors (Lipinski definition) is 1. The number of amides is 1. The van der Waals surface area contributed by atoms with Gasteiger partial charge in [-0.1, -0.05) is 66.4 Å². The van der Waals surface area contributed by atoms with E-state index in [0.717, 1.165) is 44.0 Å². The Kier molecular flexibility index (Phi) is 8.23. The van der Waals surface area contributed by atoms with E-state index in [2.05, 4.69) is 27.3 Å². The van der Waals surface area contributed by atoms with Gasteiger partial charge in [0.25, 0.3) is 5.91 Å². The Morgan fingerprint density at radius 1 is 1.00 bits per heavy atom. The number of nitrogens with zero attached hydrogens (tertiary/aromatic N) is 6. The summed E-state index contributed by atoms with van der Waals surface area (Å²) < 4.78 is 9.55. The molecule has 45 heavy (non-hydrogen) atoms. The molecule has 0 bridgehead atoms. The second kappa shape index (κ2) is 12.7. The van der Waals surface area contributed by atoms with Crippen molar-refractivity contribution in [2.24, 2.45) is 0 Å². The lowest BCUT2D eigenvalue weighted by Crippen LogP contribution is -2.40. The third-order valence-corrected chi connectivity index (χ3v) is 10.0. The quantitative estimate of drug-likeness (QED) is 0.202. The molecule has 0 radical (unpaired) electrons. The molecule has 12 heteroatoms. The van der Waals surface area contributed by atoms with Crippen LogP contribution in [0.3, 0.4) is 0 Å². The van der Waals surface area contributed by atoms with E-state index in [1.165, 1.54) is 23.1 Å². The number of aromatic amines is 1. The first kappa shape index (κ1) is 29.1. The SMILES string of the molecule is COc1ccccc1-n1c(Cc2ccccc2)nnc1SCc1nc(C(=O)N2CCC(n3c(=O)[nH]c4ccccc43)CC2)cs1. The zero-order valence-electron chi connectivity index (χ0n) is 24.6. The van der Waals surface area contributed by atoms with Gasteiger partial charge < -0.3 is 14.6 Å². The monoisotopic (exact) mass is 637 g/mol. The highest BCUT2D eigenvalue weighted by molar-refractivity contribution is 7.98. The number of rotatable bonds is 9. The van der Waals surface area contributed by atoms with E-state index in [4.69, 9.17) is 9.72 Å². The fourth-order valence-corrected chi connectivity index (χ4v) is 7.62. The predicted molar refractivity (Wildman–Crippen MR) is 176 cm³/mol. The van der Waals surface area contributed by atoms with Gasteiger partial charge in [0.15, 0.2) is 5.16 Å². The van der Waals surface area contributed by atoms with E-state index < -0.39 is 0 Å². The van der Waals surface area contributed by atoms with E-state index in [0.29, 0.717) is 43.8 Å². The molecule has 0 atom stereocenters. The molecule has 3 aromatic carbocycles. The highest BCUT2D eigenvalue weighted by atomic mass is 32.2. The maximum absolute atomic E-state index is 13.4. The molecule has 0 unspecified atom stereocenters. The number of thioether (sulfide) groups is 1. The van der Waals surface area contributed by atoms with Gasteiger partial charge in [0.2, 0.25) is 0 Å². The lowest BCUT2D eigenvalue weighted by molar-refractivity contribution is 0.0689. The number of likely N-dealkylation sites (tertiary alicyclic amines) is 1. The minimum absolute atomic E-state index is 0.0486. The first-order valence-electron chi connectivity index (χ1n) is 14.8. The molecule has 1 fully saturated rings. The molecule has 0 aliphatic carbocycles. The standard InChI is InChI=1S/C33H31N7O3S2/c1-43-28-14-8-7-13-27(28)40-29(19-22-9-3-2-4-10-22)36-37-33(40)45-21-30-34-25(20-44-30)31(41)38-17-15-23(16-18-38)39-26-12-6-5-11-24(26)35-32(39)42/h2-14,20,23H,15-19,21H2,1H3,(H,35,42). The summed E-state index contributed by atoms with van der Waals surface area (Å²) in [6, 6.07) is 25.8. The highest BCUT2D eigenvalue weighted by Gasteiger charge is 2.28. The molecule has 0 spiro atoms. The number of H-pyrrole nitrogens is 1. The van der Waals surface area contributed by atoms with Crippen LogP contribution in [-0.2, 0) is 12.2 Å². The number of thiazole rings is 1. The number of benzene rings is 3. The van der Waals surface area contributed by atoms with Gasteiger partial charge >= 0.3 is 5.69 Å². The van der Waals surface area contributed by atoms with Gasteiger partial charge in [0.05, 0.1) is 29.6 Å². The van der Waals surface area contributed by atoms with Gasteiger partial charge in [-0.2, -0.15) is 0 Å². The smallest absolute Gasteiger partial charge is 0.326 e. The van der Waals surface area contributed by atoms with E-state index in [9.17, 15) is 9.59 Å². The van der Waals surface area contributed by atoms with Crippen molar-refractivity contribution in [2.75, 3.05) is 20.2 Å². The summed E-state index contributed by atoms with van der Waals surface area (Å²) in [7, 11) is 1.66.